The number of aryl methyl sites for hydroxylation is 1. The van der Waals surface area contributed by atoms with E-state index in [9.17, 15) is 19.5 Å². The first kappa shape index (κ1) is 59.2. The van der Waals surface area contributed by atoms with Crippen molar-refractivity contribution in [1.29, 1.82) is 0 Å². The summed E-state index contributed by atoms with van der Waals surface area (Å²) in [7, 11) is 0. The van der Waals surface area contributed by atoms with E-state index in [-0.39, 0.29) is 78.0 Å². The Hall–Kier alpha value is -5.51. The molecule has 5 aromatic rings. The van der Waals surface area contributed by atoms with E-state index < -0.39 is 41.2 Å². The molecule has 1 saturated heterocycles. The van der Waals surface area contributed by atoms with Crippen molar-refractivity contribution in [2.75, 3.05) is 13.2 Å². The normalized spacial score (nSPS) is 32.4. The van der Waals surface area contributed by atoms with E-state index in [1.807, 2.05) is 102 Å². The highest BCUT2D eigenvalue weighted by molar-refractivity contribution is 5.79. The van der Waals surface area contributed by atoms with Gasteiger partial charge in [0.25, 0.3) is 5.56 Å². The second-order valence-corrected chi connectivity index (χ2v) is 27.8. The molecular weight excluding hydrogens is 1040 g/mol. The molecular formula is C69H91N5O9. The van der Waals surface area contributed by atoms with E-state index in [1.165, 1.54) is 34.2 Å². The summed E-state index contributed by atoms with van der Waals surface area (Å²) in [6.07, 6.45) is 16.8. The van der Waals surface area contributed by atoms with Crippen molar-refractivity contribution in [3.8, 4) is 0 Å². The van der Waals surface area contributed by atoms with Crippen LogP contribution >= 0.6 is 0 Å². The Balaban J connectivity index is 0.690. The third-order valence-corrected chi connectivity index (χ3v) is 22.1. The number of benzene rings is 3. The lowest BCUT2D eigenvalue weighted by Crippen LogP contribution is -2.65. The first-order valence-electron chi connectivity index (χ1n) is 31.2. The van der Waals surface area contributed by atoms with Crippen molar-refractivity contribution in [2.45, 2.75) is 202 Å². The van der Waals surface area contributed by atoms with Crippen LogP contribution in [0.4, 0.5) is 0 Å². The fraction of sp³-hybridized carbons (Fsp3) is 0.609. The number of hydrogen-bond donors (Lipinski definition) is 1. The van der Waals surface area contributed by atoms with Crippen LogP contribution < -0.4 is 11.2 Å². The molecule has 14 heteroatoms. The number of nitrogens with zero attached hydrogens (tertiary/aromatic N) is 5. The van der Waals surface area contributed by atoms with Gasteiger partial charge in [0.05, 0.1) is 57.3 Å². The average molecular weight is 1130 g/mol. The topological polar surface area (TPSA) is 158 Å². The maximum atomic E-state index is 14.7. The molecule has 0 amide bonds. The predicted octanol–water partition coefficient (Wildman–Crippen LogP) is 12.2. The van der Waals surface area contributed by atoms with Crippen LogP contribution in [0.5, 0.6) is 0 Å². The molecule has 0 bridgehead atoms. The van der Waals surface area contributed by atoms with Crippen LogP contribution in [0.25, 0.3) is 0 Å². The van der Waals surface area contributed by atoms with Gasteiger partial charge < -0.3 is 28.8 Å². The number of esters is 1. The summed E-state index contributed by atoms with van der Waals surface area (Å²) in [6.45, 7) is 19.3. The van der Waals surface area contributed by atoms with Gasteiger partial charge in [-0.2, -0.15) is 0 Å². The number of allylic oxidation sites excluding steroid dienone is 2. The van der Waals surface area contributed by atoms with E-state index in [2.05, 4.69) is 64.9 Å². The molecule has 4 saturated carbocycles. The van der Waals surface area contributed by atoms with Crippen molar-refractivity contribution in [2.24, 2.45) is 50.2 Å². The summed E-state index contributed by atoms with van der Waals surface area (Å²) < 4.78 is 37.3. The minimum Gasteiger partial charge on any atom is -0.465 e. The highest BCUT2D eigenvalue weighted by Gasteiger charge is 2.69. The zero-order valence-corrected chi connectivity index (χ0v) is 50.4. The molecule has 83 heavy (non-hydrogen) atoms. The Morgan fingerprint density at radius 2 is 1.39 bits per heavy atom. The number of hydrogen-bond acceptors (Lipinski definition) is 11. The number of ether oxygens (including phenoxy) is 5. The van der Waals surface area contributed by atoms with Crippen molar-refractivity contribution in [3.05, 3.63) is 164 Å². The smallest absolute Gasteiger partial charge is 0.333 e. The second kappa shape index (κ2) is 24.1. The maximum Gasteiger partial charge on any atom is 0.333 e. The van der Waals surface area contributed by atoms with E-state index in [0.717, 1.165) is 93.7 Å². The molecule has 6 aliphatic rings. The lowest BCUT2D eigenvalue weighted by atomic mass is 9.33. The fourth-order valence-corrected chi connectivity index (χ4v) is 17.0. The van der Waals surface area contributed by atoms with E-state index >= 15 is 0 Å². The number of carbonyl (C=O) groups is 1. The molecule has 446 valence electrons. The summed E-state index contributed by atoms with van der Waals surface area (Å²) >= 11 is 0. The summed E-state index contributed by atoms with van der Waals surface area (Å²) in [5.74, 6) is 1.32. The Morgan fingerprint density at radius 1 is 0.723 bits per heavy atom. The van der Waals surface area contributed by atoms with Crippen molar-refractivity contribution in [3.63, 3.8) is 0 Å². The van der Waals surface area contributed by atoms with Crippen molar-refractivity contribution < 1.29 is 33.6 Å². The van der Waals surface area contributed by atoms with Crippen molar-refractivity contribution >= 4 is 5.97 Å². The van der Waals surface area contributed by atoms with Gasteiger partial charge in [0.1, 0.15) is 24.0 Å². The summed E-state index contributed by atoms with van der Waals surface area (Å²) in [6, 6.07) is 30.5. The summed E-state index contributed by atoms with van der Waals surface area (Å²) in [5.41, 5.74) is 4.06. The number of rotatable bonds is 21. The minimum absolute atomic E-state index is 0.0350. The molecule has 3 aromatic carbocycles. The molecule has 1 N–H and O–H groups in total. The molecule has 5 fully saturated rings. The average Bonchev–Trinajstić information content (AvgIpc) is 1.24. The number of aliphatic hydroxyl groups is 1. The van der Waals surface area contributed by atoms with Crippen LogP contribution in [0.2, 0.25) is 0 Å². The number of aliphatic hydroxyl groups excluding tert-OH is 1. The molecule has 0 radical (unpaired) electrons. The van der Waals surface area contributed by atoms with Gasteiger partial charge in [0.15, 0.2) is 6.23 Å². The van der Waals surface area contributed by atoms with Gasteiger partial charge in [-0.05, 0) is 145 Å². The minimum atomic E-state index is -0.940. The molecule has 14 nitrogen and oxygen atoms in total. The number of unbranched alkanes of at least 4 members (excludes halogenated alkanes) is 3. The Morgan fingerprint density at radius 3 is 2.10 bits per heavy atom. The first-order chi connectivity index (χ1) is 39.8. The van der Waals surface area contributed by atoms with E-state index in [0.29, 0.717) is 30.7 Å². The molecule has 0 unspecified atom stereocenters. The highest BCUT2D eigenvalue weighted by Crippen LogP contribution is 2.76. The quantitative estimate of drug-likeness (QED) is 0.0423. The zero-order valence-electron chi connectivity index (χ0n) is 50.4. The summed E-state index contributed by atoms with van der Waals surface area (Å²) in [4.78, 5) is 42.2. The molecule has 11 rings (SSSR count). The molecule has 5 aliphatic carbocycles. The van der Waals surface area contributed by atoms with E-state index in [4.69, 9.17) is 23.7 Å². The monoisotopic (exact) mass is 1130 g/mol. The van der Waals surface area contributed by atoms with Crippen LogP contribution in [0.3, 0.4) is 0 Å². The van der Waals surface area contributed by atoms with Crippen LogP contribution in [0.1, 0.15) is 167 Å². The lowest BCUT2D eigenvalue weighted by Gasteiger charge is -2.71. The lowest BCUT2D eigenvalue weighted by molar-refractivity contribution is -0.206. The van der Waals surface area contributed by atoms with Gasteiger partial charge in [-0.1, -0.05) is 163 Å². The fourth-order valence-electron chi connectivity index (χ4n) is 17.0. The van der Waals surface area contributed by atoms with Crippen LogP contribution in [-0.2, 0) is 61.4 Å². The van der Waals surface area contributed by atoms with Gasteiger partial charge in [-0.15, -0.1) is 5.10 Å². The third-order valence-electron chi connectivity index (χ3n) is 22.1. The molecule has 2 aromatic heterocycles. The maximum absolute atomic E-state index is 14.7. The van der Waals surface area contributed by atoms with Gasteiger partial charge in [0, 0.05) is 18.8 Å². The SMILES string of the molecule is CC1(C)CC[C@]2(C(=O)OCCCCCCn3cc(COC[C@H]4O[C@@H](n5ccc(=O)n(Cc6ccccc6)c5=O)[C@H](OCc5ccccc5)[C@@H]4OCc4ccccc4)nn3)CC[C@]3(C)C(=CC[C@@H]4[C@@]5(C)CC[C@H](O)C(C)(C)[C@@H]5CC[C@]43C)[C@@H]2C1. The molecule has 12 atom stereocenters. The number of carbonyl (C=O) groups excluding carboxylic acids is 1. The van der Waals surface area contributed by atoms with Gasteiger partial charge in [-0.3, -0.25) is 23.4 Å². The number of fused-ring (bicyclic) bond motifs is 7. The predicted molar refractivity (Wildman–Crippen MR) is 319 cm³/mol. The second-order valence-electron chi connectivity index (χ2n) is 27.8. The van der Waals surface area contributed by atoms with Crippen molar-refractivity contribution in [1.82, 2.24) is 24.1 Å². The van der Waals surface area contributed by atoms with Gasteiger partial charge >= 0.3 is 11.7 Å². The Labute approximate surface area is 491 Å². The Kier molecular flexibility index (Phi) is 17.2. The standard InChI is InChI=1S/C69H91N5O9/c1-64(2)34-36-69(37-35-67(6)52(53(69)41-64)27-28-56-66(5)32-30-57(75)65(3,4)55(66)29-33-68(56,67)7)62(77)80-40-20-9-8-19-38-72-43-51(70-71-72)46-79-47-54-59(81-44-49-23-15-11-16-24-49)60(82-45-50-25-17-12-18-26-50)61(83-54)73-39-31-58(76)74(63(73)78)42-48-21-13-10-14-22-48/h10-18,21-27,31,39,43,53-57,59-61,75H,8-9,19-20,28-30,32-38,40-42,44-47H2,1-7H3/t53-,54+,55-,56+,57-,59+,60+,61+,66-,67+,68+,69-/m0/s1. The molecule has 0 spiro atoms. The van der Waals surface area contributed by atoms with Crippen LogP contribution in [0.15, 0.2) is 131 Å². The zero-order chi connectivity index (χ0) is 58.2. The third kappa shape index (κ3) is 11.6. The van der Waals surface area contributed by atoms with Crippen LogP contribution in [0, 0.1) is 50.2 Å². The number of aromatic nitrogens is 5. The van der Waals surface area contributed by atoms with E-state index in [1.54, 1.807) is 5.57 Å². The van der Waals surface area contributed by atoms with Gasteiger partial charge in [-0.25, -0.2) is 4.79 Å². The summed E-state index contributed by atoms with van der Waals surface area (Å²) in [5, 5.41) is 20.1. The molecule has 1 aliphatic heterocycles. The van der Waals surface area contributed by atoms with Gasteiger partial charge in [0.2, 0.25) is 0 Å². The first-order valence-corrected chi connectivity index (χ1v) is 31.2. The highest BCUT2D eigenvalue weighted by atomic mass is 16.6. The Bertz CT molecular complexity index is 3180. The van der Waals surface area contributed by atoms with Crippen LogP contribution in [-0.4, -0.2) is 72.8 Å². The largest absolute Gasteiger partial charge is 0.465 e. The molecule has 3 heterocycles.